The molecule has 0 bridgehead atoms. The van der Waals surface area contributed by atoms with Gasteiger partial charge in [0.2, 0.25) is 0 Å². The minimum absolute atomic E-state index is 0.521. The van der Waals surface area contributed by atoms with E-state index in [2.05, 4.69) is 10.9 Å². The summed E-state index contributed by atoms with van der Waals surface area (Å²) in [5.41, 5.74) is -2.74. The van der Waals surface area contributed by atoms with E-state index in [1.54, 1.807) is 6.92 Å². The van der Waals surface area contributed by atoms with E-state index in [0.29, 0.717) is 0 Å². The van der Waals surface area contributed by atoms with Crippen molar-refractivity contribution in [3.05, 3.63) is 33.1 Å². The second-order valence-electron chi connectivity index (χ2n) is 4.52. The zero-order valence-corrected chi connectivity index (χ0v) is 10.2. The molecule has 3 N–H and O–H groups in total. The third-order valence-corrected chi connectivity index (χ3v) is 3.36. The highest BCUT2D eigenvalue weighted by Gasteiger charge is 2.52. The molecule has 0 radical (unpaired) electrons. The van der Waals surface area contributed by atoms with Crippen molar-refractivity contribution >= 4 is 0 Å². The first kappa shape index (κ1) is 13.5. The Labute approximate surface area is 108 Å². The van der Waals surface area contributed by atoms with Crippen molar-refractivity contribution in [2.45, 2.75) is 24.9 Å². The van der Waals surface area contributed by atoms with E-state index in [9.17, 15) is 19.8 Å². The Kier molecular flexibility index (Phi) is 3.32. The molecule has 7 heteroatoms. The van der Waals surface area contributed by atoms with Gasteiger partial charge in [0.1, 0.15) is 12.3 Å². The number of aromatic amines is 1. The van der Waals surface area contributed by atoms with Gasteiger partial charge in [0, 0.05) is 18.2 Å². The van der Waals surface area contributed by atoms with Crippen LogP contribution in [-0.4, -0.2) is 38.1 Å². The Bertz CT molecular complexity index is 628. The maximum Gasteiger partial charge on any atom is 0.330 e. The summed E-state index contributed by atoms with van der Waals surface area (Å²) in [4.78, 5) is 24.8. The molecular weight excluding hydrogens is 252 g/mol. The molecule has 19 heavy (non-hydrogen) atoms. The van der Waals surface area contributed by atoms with E-state index in [4.69, 9.17) is 11.2 Å². The highest BCUT2D eigenvalue weighted by molar-refractivity contribution is 5.17. The lowest BCUT2D eigenvalue weighted by Gasteiger charge is -2.23. The van der Waals surface area contributed by atoms with E-state index in [1.165, 1.54) is 12.3 Å². The molecular formula is C12H14N2O5. The molecule has 2 rings (SSSR count). The van der Waals surface area contributed by atoms with Crippen LogP contribution in [0.2, 0.25) is 0 Å². The fourth-order valence-corrected chi connectivity index (χ4v) is 2.21. The van der Waals surface area contributed by atoms with Crippen LogP contribution < -0.4 is 11.2 Å². The van der Waals surface area contributed by atoms with Crippen LogP contribution in [0.5, 0.6) is 0 Å². The summed E-state index contributed by atoms with van der Waals surface area (Å²) in [6, 6.07) is 1.17. The smallest absolute Gasteiger partial charge is 0.330 e. The topological polar surface area (TPSA) is 105 Å². The quantitative estimate of drug-likeness (QED) is 0.561. The highest BCUT2D eigenvalue weighted by Crippen LogP contribution is 2.40. The predicted octanol–water partition coefficient (Wildman–Crippen LogP) is -1.57. The zero-order chi connectivity index (χ0) is 14.2. The number of nitrogens with one attached hydrogen (secondary N) is 1. The molecule has 1 aromatic heterocycles. The molecule has 0 unspecified atom stereocenters. The van der Waals surface area contributed by atoms with Gasteiger partial charge in [-0.05, 0) is 0 Å². The van der Waals surface area contributed by atoms with Crippen LogP contribution in [0.25, 0.3) is 0 Å². The van der Waals surface area contributed by atoms with E-state index in [0.717, 1.165) is 4.57 Å². The number of H-pyrrole nitrogens is 1. The van der Waals surface area contributed by atoms with Crippen molar-refractivity contribution < 1.29 is 14.9 Å². The van der Waals surface area contributed by atoms with Crippen molar-refractivity contribution in [3.63, 3.8) is 0 Å². The van der Waals surface area contributed by atoms with Crippen LogP contribution in [0.1, 0.15) is 13.2 Å². The van der Waals surface area contributed by atoms with E-state index in [-0.39, 0.29) is 0 Å². The molecule has 1 aromatic rings. The number of aliphatic hydroxyl groups excluding tert-OH is 2. The molecule has 1 aliphatic rings. The van der Waals surface area contributed by atoms with Gasteiger partial charge in [0.15, 0.2) is 5.60 Å². The normalized spacial score (nSPS) is 34.1. The summed E-state index contributed by atoms with van der Waals surface area (Å²) in [6.45, 7) is 1.07. The molecule has 1 aliphatic heterocycles. The summed E-state index contributed by atoms with van der Waals surface area (Å²) in [5.74, 6) is 1.71. The van der Waals surface area contributed by atoms with Gasteiger partial charge in [-0.15, -0.1) is 6.42 Å². The molecule has 1 saturated heterocycles. The molecule has 0 aromatic carbocycles. The Morgan fingerprint density at radius 2 is 2.32 bits per heavy atom. The maximum atomic E-state index is 11.7. The van der Waals surface area contributed by atoms with Crippen molar-refractivity contribution in [3.8, 4) is 12.3 Å². The molecule has 1 fully saturated rings. The maximum absolute atomic E-state index is 11.7. The number of nitrogens with zero attached hydrogens (tertiary/aromatic N) is 1. The third-order valence-electron chi connectivity index (χ3n) is 3.36. The number of aromatic nitrogens is 2. The molecule has 2 heterocycles. The molecule has 7 nitrogen and oxygen atoms in total. The largest absolute Gasteiger partial charge is 0.392 e. The summed E-state index contributed by atoms with van der Waals surface area (Å²) in [7, 11) is 0. The summed E-state index contributed by atoms with van der Waals surface area (Å²) in [5, 5.41) is 19.4. The third kappa shape index (κ3) is 2.00. The van der Waals surface area contributed by atoms with Gasteiger partial charge in [-0.25, -0.2) is 4.79 Å². The number of hydrogen-bond acceptors (Lipinski definition) is 5. The van der Waals surface area contributed by atoms with Crippen LogP contribution >= 0.6 is 0 Å². The van der Waals surface area contributed by atoms with Crippen molar-refractivity contribution in [1.82, 2.24) is 9.55 Å². The molecule has 0 aliphatic carbocycles. The van der Waals surface area contributed by atoms with Crippen molar-refractivity contribution in [2.75, 3.05) is 6.61 Å². The first-order valence-corrected chi connectivity index (χ1v) is 5.71. The summed E-state index contributed by atoms with van der Waals surface area (Å²) < 4.78 is 6.61. The Morgan fingerprint density at radius 1 is 1.63 bits per heavy atom. The lowest BCUT2D eigenvalue weighted by Crippen LogP contribution is -2.43. The minimum Gasteiger partial charge on any atom is -0.392 e. The molecule has 102 valence electrons. The van der Waals surface area contributed by atoms with Gasteiger partial charge in [-0.2, -0.15) is 0 Å². The predicted molar refractivity (Wildman–Crippen MR) is 65.3 cm³/mol. The summed E-state index contributed by atoms with van der Waals surface area (Å²) >= 11 is 0. The average molecular weight is 266 g/mol. The molecule has 0 spiro atoms. The average Bonchev–Trinajstić information content (AvgIpc) is 2.64. The molecule has 4 atom stereocenters. The number of aliphatic hydroxyl groups is 2. The monoisotopic (exact) mass is 266 g/mol. The van der Waals surface area contributed by atoms with Gasteiger partial charge in [0.05, 0.1) is 6.61 Å². The fraction of sp³-hybridized carbons (Fsp3) is 0.500. The van der Waals surface area contributed by atoms with E-state index < -0.39 is 41.7 Å². The first-order valence-electron chi connectivity index (χ1n) is 5.71. The zero-order valence-electron chi connectivity index (χ0n) is 10.2. The number of rotatable bonds is 2. The number of hydrogen-bond donors (Lipinski definition) is 3. The lowest BCUT2D eigenvalue weighted by atomic mass is 9.92. The van der Waals surface area contributed by atoms with E-state index >= 15 is 0 Å². The molecule has 0 saturated carbocycles. The minimum atomic E-state index is -1.54. The van der Waals surface area contributed by atoms with Crippen LogP contribution in [0, 0.1) is 18.3 Å². The van der Waals surface area contributed by atoms with Crippen LogP contribution in [0.3, 0.4) is 0 Å². The lowest BCUT2D eigenvalue weighted by molar-refractivity contribution is -0.0919. The van der Waals surface area contributed by atoms with Crippen LogP contribution in [0.4, 0.5) is 0 Å². The van der Waals surface area contributed by atoms with Crippen molar-refractivity contribution in [1.29, 1.82) is 0 Å². The van der Waals surface area contributed by atoms with Gasteiger partial charge >= 0.3 is 5.69 Å². The van der Waals surface area contributed by atoms with Gasteiger partial charge in [-0.3, -0.25) is 14.3 Å². The van der Waals surface area contributed by atoms with Crippen LogP contribution in [-0.2, 0) is 4.74 Å². The SMILES string of the molecule is C#C[C@]1(CO)O[C@@H](n2ccc(=O)[nH]c2=O)[C@H](C)[C@@H]1O. The second-order valence-corrected chi connectivity index (χ2v) is 4.52. The molecule has 0 amide bonds. The van der Waals surface area contributed by atoms with Gasteiger partial charge in [0.25, 0.3) is 5.56 Å². The highest BCUT2D eigenvalue weighted by atomic mass is 16.6. The Balaban J connectivity index is 2.46. The van der Waals surface area contributed by atoms with Gasteiger partial charge in [-0.1, -0.05) is 12.8 Å². The second kappa shape index (κ2) is 4.66. The summed E-state index contributed by atoms with van der Waals surface area (Å²) in [6.07, 6.45) is 4.58. The fourth-order valence-electron chi connectivity index (χ4n) is 2.21. The van der Waals surface area contributed by atoms with Crippen molar-refractivity contribution in [2.24, 2.45) is 5.92 Å². The number of ether oxygens (including phenoxy) is 1. The Morgan fingerprint density at radius 3 is 2.79 bits per heavy atom. The first-order chi connectivity index (χ1) is 8.95. The van der Waals surface area contributed by atoms with Crippen LogP contribution in [0.15, 0.2) is 21.9 Å². The van der Waals surface area contributed by atoms with Gasteiger partial charge < -0.3 is 14.9 Å². The number of terminal acetylenes is 1. The van der Waals surface area contributed by atoms with E-state index in [1.807, 2.05) is 0 Å². The standard InChI is InChI=1S/C12H14N2O5/c1-3-12(6-15)9(17)7(2)10(19-12)14-5-4-8(16)13-11(14)18/h1,4-5,7,9-10,15,17H,6H2,2H3,(H,13,16,18)/t7-,9+,10-,12-/m1/s1. The Hall–Kier alpha value is -1.88.